The zero-order valence-electron chi connectivity index (χ0n) is 22.3. The molecule has 2 aliphatic rings. The molecule has 0 radical (unpaired) electrons. The zero-order valence-corrected chi connectivity index (χ0v) is 23.2. The summed E-state index contributed by atoms with van der Waals surface area (Å²) in [5.41, 5.74) is 2.36. The molecule has 5 rings (SSSR count). The largest absolute Gasteiger partial charge is 0.395 e. The van der Waals surface area contributed by atoms with Gasteiger partial charge in [-0.1, -0.05) is 12.1 Å². The monoisotopic (exact) mass is 601 g/mol. The van der Waals surface area contributed by atoms with Gasteiger partial charge in [-0.05, 0) is 42.7 Å². The van der Waals surface area contributed by atoms with E-state index in [1.54, 1.807) is 17.0 Å². The smallest absolute Gasteiger partial charge is 0.370 e. The molecule has 11 nitrogen and oxygen atoms in total. The van der Waals surface area contributed by atoms with Crippen molar-refractivity contribution >= 4 is 33.2 Å². The van der Waals surface area contributed by atoms with Crippen LogP contribution in [-0.4, -0.2) is 72.3 Å². The zero-order chi connectivity index (χ0) is 30.2. The summed E-state index contributed by atoms with van der Waals surface area (Å²) in [6.45, 7) is -0.150. The molecule has 220 valence electrons. The molecule has 0 aliphatic carbocycles. The number of aryl methyl sites for hydroxylation is 1. The van der Waals surface area contributed by atoms with Crippen LogP contribution in [0.15, 0.2) is 42.6 Å². The van der Waals surface area contributed by atoms with Crippen LogP contribution in [0.2, 0.25) is 0 Å². The topological polar surface area (TPSA) is 150 Å². The van der Waals surface area contributed by atoms with Crippen molar-refractivity contribution in [3.05, 3.63) is 65.0 Å². The number of nitriles is 1. The normalized spacial score (nSPS) is 17.2. The SMILES string of the molecule is CS(=O)(=O)CC(=O)Nc1c2c(nn1-c1ccc(C#N)cn1)C[C@H](CCc1cccc(N3CC(C(F)(F)F)C3)c1)NC2=O. The van der Waals surface area contributed by atoms with E-state index in [0.29, 0.717) is 30.6 Å². The van der Waals surface area contributed by atoms with Crippen molar-refractivity contribution in [3.8, 4) is 11.9 Å². The average molecular weight is 602 g/mol. The Kier molecular flexibility index (Phi) is 7.67. The molecule has 1 saturated heterocycles. The van der Waals surface area contributed by atoms with Crippen molar-refractivity contribution in [3.63, 3.8) is 0 Å². The van der Waals surface area contributed by atoms with E-state index in [1.165, 1.54) is 23.0 Å². The quantitative estimate of drug-likeness (QED) is 0.400. The van der Waals surface area contributed by atoms with Crippen LogP contribution in [0, 0.1) is 17.2 Å². The number of rotatable bonds is 8. The first-order valence-electron chi connectivity index (χ1n) is 13.0. The van der Waals surface area contributed by atoms with Gasteiger partial charge in [0, 0.05) is 43.7 Å². The Morgan fingerprint density at radius 2 is 2.00 bits per heavy atom. The number of anilines is 2. The van der Waals surface area contributed by atoms with Crippen LogP contribution >= 0.6 is 0 Å². The number of aromatic nitrogens is 3. The van der Waals surface area contributed by atoms with Crippen LogP contribution in [0.4, 0.5) is 24.7 Å². The Balaban J connectivity index is 1.33. The maximum atomic E-state index is 13.2. The second kappa shape index (κ2) is 11.1. The van der Waals surface area contributed by atoms with Crippen molar-refractivity contribution in [2.75, 3.05) is 35.3 Å². The number of hydrogen-bond acceptors (Lipinski definition) is 8. The molecular weight excluding hydrogens is 575 g/mol. The summed E-state index contributed by atoms with van der Waals surface area (Å²) < 4.78 is 63.2. The van der Waals surface area contributed by atoms with Crippen LogP contribution in [0.1, 0.15) is 33.6 Å². The Labute approximate surface area is 239 Å². The van der Waals surface area contributed by atoms with Gasteiger partial charge in [0.15, 0.2) is 21.5 Å². The molecule has 1 atom stereocenters. The van der Waals surface area contributed by atoms with Crippen LogP contribution in [0.25, 0.3) is 5.82 Å². The van der Waals surface area contributed by atoms with E-state index < -0.39 is 39.5 Å². The van der Waals surface area contributed by atoms with Gasteiger partial charge in [-0.15, -0.1) is 0 Å². The highest BCUT2D eigenvalue weighted by Crippen LogP contribution is 2.36. The number of carbonyl (C=O) groups excluding carboxylic acids is 2. The van der Waals surface area contributed by atoms with Crippen molar-refractivity contribution in [1.82, 2.24) is 20.1 Å². The molecule has 1 fully saturated rings. The number of halogens is 3. The molecule has 3 aromatic rings. The highest BCUT2D eigenvalue weighted by Gasteiger charge is 2.47. The highest BCUT2D eigenvalue weighted by atomic mass is 32.2. The fourth-order valence-corrected chi connectivity index (χ4v) is 5.52. The molecular formula is C27H26F3N7O4S. The molecule has 4 heterocycles. The summed E-state index contributed by atoms with van der Waals surface area (Å²) >= 11 is 0. The molecule has 0 saturated carbocycles. The predicted octanol–water partition coefficient (Wildman–Crippen LogP) is 2.41. The first-order chi connectivity index (χ1) is 19.8. The van der Waals surface area contributed by atoms with Gasteiger partial charge < -0.3 is 15.5 Å². The average Bonchev–Trinajstić information content (AvgIpc) is 3.23. The highest BCUT2D eigenvalue weighted by molar-refractivity contribution is 7.91. The van der Waals surface area contributed by atoms with Gasteiger partial charge in [-0.25, -0.2) is 13.4 Å². The number of nitrogens with one attached hydrogen (secondary N) is 2. The number of hydrogen-bond donors (Lipinski definition) is 2. The third kappa shape index (κ3) is 6.38. The van der Waals surface area contributed by atoms with E-state index in [-0.39, 0.29) is 41.9 Å². The summed E-state index contributed by atoms with van der Waals surface area (Å²) in [6.07, 6.45) is -0.627. The fraction of sp³-hybridized carbons (Fsp3) is 0.370. The van der Waals surface area contributed by atoms with Crippen molar-refractivity contribution < 1.29 is 31.2 Å². The van der Waals surface area contributed by atoms with E-state index in [0.717, 1.165) is 11.8 Å². The van der Waals surface area contributed by atoms with Gasteiger partial charge in [-0.2, -0.15) is 28.2 Å². The predicted molar refractivity (Wildman–Crippen MR) is 146 cm³/mol. The second-order valence-electron chi connectivity index (χ2n) is 10.4. The number of nitrogens with zero attached hydrogens (tertiary/aromatic N) is 5. The minimum atomic E-state index is -4.20. The summed E-state index contributed by atoms with van der Waals surface area (Å²) in [6, 6.07) is 11.9. The van der Waals surface area contributed by atoms with Crippen LogP contribution < -0.4 is 15.5 Å². The Morgan fingerprint density at radius 1 is 1.24 bits per heavy atom. The summed E-state index contributed by atoms with van der Waals surface area (Å²) in [5.74, 6) is -3.32. The third-order valence-corrected chi connectivity index (χ3v) is 7.89. The molecule has 0 unspecified atom stereocenters. The summed E-state index contributed by atoms with van der Waals surface area (Å²) in [7, 11) is -3.65. The second-order valence-corrected chi connectivity index (χ2v) is 12.6. The third-order valence-electron chi connectivity index (χ3n) is 7.11. The standard InChI is InChI=1S/C27H26F3N7O4S/c1-42(40,41)15-23(38)34-25-24-21(35-37(25)22-8-6-17(11-31)12-32-22)10-19(33-26(24)39)7-5-16-3-2-4-20(9-16)36-13-18(14-36)27(28,29)30/h2-4,6,8-9,12,18-19H,5,7,10,13-15H2,1H3,(H,33,39)(H,34,38)/t19-/m0/s1. The number of benzene rings is 1. The van der Waals surface area contributed by atoms with E-state index in [2.05, 4.69) is 20.7 Å². The number of pyridine rings is 1. The van der Waals surface area contributed by atoms with E-state index in [4.69, 9.17) is 5.26 Å². The van der Waals surface area contributed by atoms with Crippen LogP contribution in [-0.2, 0) is 27.5 Å². The number of fused-ring (bicyclic) bond motifs is 1. The Morgan fingerprint density at radius 3 is 2.64 bits per heavy atom. The van der Waals surface area contributed by atoms with Crippen LogP contribution in [0.5, 0.6) is 0 Å². The number of alkyl halides is 3. The van der Waals surface area contributed by atoms with E-state index in [9.17, 15) is 31.2 Å². The fourth-order valence-electron chi connectivity index (χ4n) is 4.97. The summed E-state index contributed by atoms with van der Waals surface area (Å²) in [5, 5.41) is 19.0. The molecule has 42 heavy (non-hydrogen) atoms. The summed E-state index contributed by atoms with van der Waals surface area (Å²) in [4.78, 5) is 31.6. The van der Waals surface area contributed by atoms with Gasteiger partial charge in [-0.3, -0.25) is 9.59 Å². The molecule has 2 aromatic heterocycles. The first-order valence-corrected chi connectivity index (χ1v) is 15.0. The number of amides is 2. The number of carbonyl (C=O) groups is 2. The maximum absolute atomic E-state index is 13.2. The Bertz CT molecular complexity index is 1670. The lowest BCUT2D eigenvalue weighted by Crippen LogP contribution is -2.53. The van der Waals surface area contributed by atoms with Crippen molar-refractivity contribution in [2.24, 2.45) is 5.92 Å². The lowest BCUT2D eigenvalue weighted by Gasteiger charge is -2.41. The lowest BCUT2D eigenvalue weighted by molar-refractivity contribution is -0.180. The maximum Gasteiger partial charge on any atom is 0.395 e. The van der Waals surface area contributed by atoms with Gasteiger partial charge in [0.1, 0.15) is 17.4 Å². The molecule has 2 N–H and O–H groups in total. The molecule has 1 aromatic carbocycles. The van der Waals surface area contributed by atoms with E-state index >= 15 is 0 Å². The minimum absolute atomic E-state index is 0.0359. The van der Waals surface area contributed by atoms with Crippen LogP contribution in [0.3, 0.4) is 0 Å². The molecule has 2 amide bonds. The first kappa shape index (κ1) is 29.1. The van der Waals surface area contributed by atoms with Gasteiger partial charge in [0.25, 0.3) is 5.91 Å². The van der Waals surface area contributed by atoms with Crippen molar-refractivity contribution in [2.45, 2.75) is 31.5 Å². The molecule has 2 aliphatic heterocycles. The van der Waals surface area contributed by atoms with Gasteiger partial charge in [0.2, 0.25) is 5.91 Å². The molecule has 0 bridgehead atoms. The molecule has 0 spiro atoms. The number of sulfone groups is 1. The Hall–Kier alpha value is -4.45. The van der Waals surface area contributed by atoms with Gasteiger partial charge >= 0.3 is 6.18 Å². The molecule has 15 heteroatoms. The van der Waals surface area contributed by atoms with Gasteiger partial charge in [0.05, 0.1) is 17.2 Å². The minimum Gasteiger partial charge on any atom is -0.370 e. The van der Waals surface area contributed by atoms with Crippen molar-refractivity contribution in [1.29, 1.82) is 5.26 Å². The van der Waals surface area contributed by atoms with E-state index in [1.807, 2.05) is 18.2 Å². The lowest BCUT2D eigenvalue weighted by atomic mass is 9.95.